The zero-order valence-corrected chi connectivity index (χ0v) is 7.72. The Morgan fingerprint density at radius 2 is 2.12 bits per heavy atom. The lowest BCUT2D eigenvalue weighted by atomic mass is 10.2. The molecule has 0 saturated heterocycles. The monoisotopic (exact) mass is 132 g/mol. The molecule has 2 unspecified atom stereocenters. The van der Waals surface area contributed by atoms with Crippen molar-refractivity contribution in [2.45, 2.75) is 24.9 Å². The Morgan fingerprint density at radius 1 is 1.62 bits per heavy atom. The largest absolute Gasteiger partial charge is 0.330 e. The SMILES string of the molecule is CC(N)C([SiH3])CCN. The van der Waals surface area contributed by atoms with Crippen LogP contribution in [-0.2, 0) is 0 Å². The van der Waals surface area contributed by atoms with Crippen molar-refractivity contribution < 1.29 is 0 Å². The average Bonchev–Trinajstić information content (AvgIpc) is 1.67. The lowest BCUT2D eigenvalue weighted by Gasteiger charge is -2.12. The highest BCUT2D eigenvalue weighted by atomic mass is 28.1. The van der Waals surface area contributed by atoms with Crippen LogP contribution in [0.25, 0.3) is 0 Å². The zero-order valence-electron chi connectivity index (χ0n) is 5.72. The van der Waals surface area contributed by atoms with Gasteiger partial charge in [0.1, 0.15) is 0 Å². The summed E-state index contributed by atoms with van der Waals surface area (Å²) in [6.07, 6.45) is 1.10. The van der Waals surface area contributed by atoms with E-state index in [4.69, 9.17) is 11.5 Å². The summed E-state index contributed by atoms with van der Waals surface area (Å²) in [6.45, 7) is 2.84. The summed E-state index contributed by atoms with van der Waals surface area (Å²) in [5.74, 6) is 0. The van der Waals surface area contributed by atoms with E-state index in [9.17, 15) is 0 Å². The molecule has 0 aromatic rings. The van der Waals surface area contributed by atoms with Crippen LogP contribution in [0.1, 0.15) is 13.3 Å². The lowest BCUT2D eigenvalue weighted by Crippen LogP contribution is -2.23. The number of hydrogen-bond acceptors (Lipinski definition) is 2. The molecule has 0 saturated carbocycles. The van der Waals surface area contributed by atoms with Gasteiger partial charge in [-0.25, -0.2) is 0 Å². The quantitative estimate of drug-likeness (QED) is 0.476. The number of rotatable bonds is 3. The molecule has 0 aromatic carbocycles. The van der Waals surface area contributed by atoms with Crippen LogP contribution < -0.4 is 11.5 Å². The van der Waals surface area contributed by atoms with Crippen LogP contribution in [0.2, 0.25) is 5.54 Å². The Labute approximate surface area is 54.0 Å². The highest BCUT2D eigenvalue weighted by Gasteiger charge is 2.04. The van der Waals surface area contributed by atoms with Gasteiger partial charge in [-0.05, 0) is 18.5 Å². The summed E-state index contributed by atoms with van der Waals surface area (Å²) in [6, 6.07) is 0.352. The first-order valence-electron chi connectivity index (χ1n) is 3.14. The Bertz CT molecular complexity index is 56.4. The van der Waals surface area contributed by atoms with Gasteiger partial charge in [0.15, 0.2) is 0 Å². The molecule has 0 aliphatic carbocycles. The highest BCUT2D eigenvalue weighted by Crippen LogP contribution is 2.06. The molecule has 0 fully saturated rings. The van der Waals surface area contributed by atoms with Gasteiger partial charge in [0, 0.05) is 16.3 Å². The third-order valence-corrected chi connectivity index (χ3v) is 3.15. The van der Waals surface area contributed by atoms with Gasteiger partial charge in [-0.3, -0.25) is 0 Å². The van der Waals surface area contributed by atoms with Crippen molar-refractivity contribution in [2.75, 3.05) is 6.54 Å². The van der Waals surface area contributed by atoms with E-state index in [0.29, 0.717) is 11.6 Å². The maximum absolute atomic E-state index is 5.60. The van der Waals surface area contributed by atoms with Gasteiger partial charge in [-0.2, -0.15) is 0 Å². The molecule has 0 radical (unpaired) electrons. The Kier molecular flexibility index (Phi) is 4.13. The van der Waals surface area contributed by atoms with Crippen molar-refractivity contribution in [3.63, 3.8) is 0 Å². The molecule has 0 aromatic heterocycles. The van der Waals surface area contributed by atoms with Gasteiger partial charge in [0.25, 0.3) is 0 Å². The molecule has 0 aliphatic rings. The van der Waals surface area contributed by atoms with Crippen molar-refractivity contribution in [3.8, 4) is 0 Å². The molecular formula is C5H16N2Si. The van der Waals surface area contributed by atoms with Gasteiger partial charge >= 0.3 is 0 Å². The molecule has 8 heavy (non-hydrogen) atoms. The summed E-state index contributed by atoms with van der Waals surface area (Å²) in [4.78, 5) is 0. The first kappa shape index (κ1) is 8.14. The van der Waals surface area contributed by atoms with Crippen LogP contribution >= 0.6 is 0 Å². The average molecular weight is 132 g/mol. The fraction of sp³-hybridized carbons (Fsp3) is 1.00. The molecule has 2 atom stereocenters. The molecule has 2 nitrogen and oxygen atoms in total. The molecule has 0 aliphatic heterocycles. The highest BCUT2D eigenvalue weighted by molar-refractivity contribution is 6.12. The molecule has 50 valence electrons. The van der Waals surface area contributed by atoms with Crippen LogP contribution in [-0.4, -0.2) is 22.8 Å². The van der Waals surface area contributed by atoms with E-state index in [1.54, 1.807) is 0 Å². The van der Waals surface area contributed by atoms with Crippen molar-refractivity contribution in [1.29, 1.82) is 0 Å². The molecule has 0 rings (SSSR count). The standard InChI is InChI=1S/C5H16N2Si/c1-4(7)5(8)2-3-6/h4-5H,2-3,6-7H2,1,8H3. The van der Waals surface area contributed by atoms with Gasteiger partial charge < -0.3 is 11.5 Å². The zero-order chi connectivity index (χ0) is 6.57. The summed E-state index contributed by atoms with van der Waals surface area (Å²) in [5, 5.41) is 0. The van der Waals surface area contributed by atoms with Crippen molar-refractivity contribution >= 4 is 10.2 Å². The predicted octanol–water partition coefficient (Wildman–Crippen LogP) is -1.16. The Hall–Kier alpha value is 0.137. The van der Waals surface area contributed by atoms with Crippen LogP contribution in [0.3, 0.4) is 0 Å². The van der Waals surface area contributed by atoms with E-state index in [1.807, 2.05) is 6.92 Å². The van der Waals surface area contributed by atoms with Crippen molar-refractivity contribution in [1.82, 2.24) is 0 Å². The summed E-state index contributed by atoms with van der Waals surface area (Å²) in [5.41, 5.74) is 11.6. The van der Waals surface area contributed by atoms with E-state index >= 15 is 0 Å². The van der Waals surface area contributed by atoms with E-state index in [-0.39, 0.29) is 0 Å². The van der Waals surface area contributed by atoms with E-state index in [1.165, 1.54) is 10.2 Å². The Balaban J connectivity index is 3.17. The maximum Gasteiger partial charge on any atom is 0.00874 e. The fourth-order valence-corrected chi connectivity index (χ4v) is 0.859. The molecule has 0 bridgehead atoms. The van der Waals surface area contributed by atoms with Gasteiger partial charge in [-0.1, -0.05) is 6.92 Å². The smallest absolute Gasteiger partial charge is 0.00874 e. The van der Waals surface area contributed by atoms with Crippen LogP contribution in [0, 0.1) is 0 Å². The molecular weight excluding hydrogens is 116 g/mol. The first-order chi connectivity index (χ1) is 3.68. The van der Waals surface area contributed by atoms with E-state index in [0.717, 1.165) is 13.0 Å². The number of nitrogens with two attached hydrogens (primary N) is 2. The molecule has 0 amide bonds. The second-order valence-corrected chi connectivity index (χ2v) is 3.90. The van der Waals surface area contributed by atoms with Crippen LogP contribution in [0.5, 0.6) is 0 Å². The fourth-order valence-electron chi connectivity index (χ4n) is 0.526. The molecule has 4 N–H and O–H groups in total. The third kappa shape index (κ3) is 3.18. The third-order valence-electron chi connectivity index (χ3n) is 1.52. The second kappa shape index (κ2) is 4.06. The van der Waals surface area contributed by atoms with E-state index < -0.39 is 0 Å². The second-order valence-electron chi connectivity index (χ2n) is 2.41. The predicted molar refractivity (Wildman–Crippen MR) is 41.0 cm³/mol. The van der Waals surface area contributed by atoms with Crippen LogP contribution in [0.15, 0.2) is 0 Å². The minimum Gasteiger partial charge on any atom is -0.330 e. The Morgan fingerprint density at radius 3 is 2.25 bits per heavy atom. The van der Waals surface area contributed by atoms with Crippen LogP contribution in [0.4, 0.5) is 0 Å². The topological polar surface area (TPSA) is 52.0 Å². The molecule has 0 heterocycles. The van der Waals surface area contributed by atoms with Gasteiger partial charge in [0.2, 0.25) is 0 Å². The van der Waals surface area contributed by atoms with Crippen molar-refractivity contribution in [3.05, 3.63) is 0 Å². The van der Waals surface area contributed by atoms with E-state index in [2.05, 4.69) is 0 Å². The summed E-state index contributed by atoms with van der Waals surface area (Å²) in [7, 11) is 1.18. The summed E-state index contributed by atoms with van der Waals surface area (Å²) >= 11 is 0. The molecule has 0 spiro atoms. The van der Waals surface area contributed by atoms with Gasteiger partial charge in [-0.15, -0.1) is 0 Å². The normalized spacial score (nSPS) is 18.4. The number of hydrogen-bond donors (Lipinski definition) is 2. The first-order valence-corrected chi connectivity index (χ1v) is 4.29. The summed E-state index contributed by atoms with van der Waals surface area (Å²) < 4.78 is 0. The lowest BCUT2D eigenvalue weighted by molar-refractivity contribution is 0.630. The van der Waals surface area contributed by atoms with Crippen molar-refractivity contribution in [2.24, 2.45) is 11.5 Å². The van der Waals surface area contributed by atoms with Gasteiger partial charge in [0.05, 0.1) is 0 Å². The maximum atomic E-state index is 5.60. The minimum atomic E-state index is 0.352. The molecule has 3 heteroatoms. The minimum absolute atomic E-state index is 0.352.